The van der Waals surface area contributed by atoms with E-state index in [1.807, 2.05) is 0 Å². The van der Waals surface area contributed by atoms with Crippen LogP contribution in [0.1, 0.15) is 22.8 Å². The Kier molecular flexibility index (Phi) is 9.31. The molecule has 0 unspecified atom stereocenters. The third kappa shape index (κ3) is 6.87. The summed E-state index contributed by atoms with van der Waals surface area (Å²) >= 11 is 19.1. The Morgan fingerprint density at radius 1 is 1.15 bits per heavy atom. The Balaban J connectivity index is 1.70. The lowest BCUT2D eigenvalue weighted by atomic mass is 10.1. The molecule has 2 amide bonds. The van der Waals surface area contributed by atoms with Crippen LogP contribution < -0.4 is 20.7 Å². The molecule has 0 saturated heterocycles. The lowest BCUT2D eigenvalue weighted by Crippen LogP contribution is -2.23. The van der Waals surface area contributed by atoms with E-state index in [4.69, 9.17) is 39.5 Å². The molecule has 2 aromatic carbocycles. The molecular weight excluding hydrogens is 601 g/mol. The highest BCUT2D eigenvalue weighted by Gasteiger charge is 2.21. The zero-order valence-corrected chi connectivity index (χ0v) is 24.0. The second-order valence-corrected chi connectivity index (χ2v) is 10.0. The van der Waals surface area contributed by atoms with Gasteiger partial charge in [-0.05, 0) is 30.7 Å². The van der Waals surface area contributed by atoms with E-state index in [1.165, 1.54) is 30.6 Å². The summed E-state index contributed by atoms with van der Waals surface area (Å²) in [6, 6.07) is 7.64. The number of benzene rings is 2. The second kappa shape index (κ2) is 12.7. The highest BCUT2D eigenvalue weighted by molar-refractivity contribution is 6.39. The fourth-order valence-corrected chi connectivity index (χ4v) is 4.43. The van der Waals surface area contributed by atoms with Gasteiger partial charge in [-0.1, -0.05) is 47.4 Å². The van der Waals surface area contributed by atoms with E-state index in [2.05, 4.69) is 32.5 Å². The number of carbonyl (C=O) groups is 2. The molecule has 0 aliphatic rings. The number of hydrogen-bond acceptors (Lipinski definition) is 6. The Hall–Kier alpha value is -3.93. The molecule has 14 heteroatoms. The molecule has 0 saturated carbocycles. The van der Waals surface area contributed by atoms with Gasteiger partial charge in [-0.3, -0.25) is 14.6 Å². The average molecular weight is 624 g/mol. The van der Waals surface area contributed by atoms with Crippen LogP contribution in [0.15, 0.2) is 54.9 Å². The van der Waals surface area contributed by atoms with E-state index in [9.17, 15) is 18.4 Å². The van der Waals surface area contributed by atoms with Crippen LogP contribution >= 0.6 is 34.8 Å². The number of rotatable bonds is 10. The van der Waals surface area contributed by atoms with Crippen LogP contribution in [0.5, 0.6) is 5.75 Å². The smallest absolute Gasteiger partial charge is 0.272 e. The van der Waals surface area contributed by atoms with Gasteiger partial charge in [0.05, 0.1) is 43.0 Å². The summed E-state index contributed by atoms with van der Waals surface area (Å²) in [5, 5.41) is 9.16. The van der Waals surface area contributed by atoms with Gasteiger partial charge in [0.25, 0.3) is 12.3 Å². The Labute approximate surface area is 248 Å². The number of aromatic nitrogens is 3. The first kappa shape index (κ1) is 30.0. The monoisotopic (exact) mass is 622 g/mol. The van der Waals surface area contributed by atoms with Gasteiger partial charge < -0.3 is 25.3 Å². The molecule has 0 fully saturated rings. The number of pyridine rings is 1. The molecule has 4 rings (SSSR count). The first-order chi connectivity index (χ1) is 19.5. The molecule has 0 bridgehead atoms. The predicted molar refractivity (Wildman–Crippen MR) is 156 cm³/mol. The minimum atomic E-state index is -2.77. The van der Waals surface area contributed by atoms with E-state index < -0.39 is 18.9 Å². The zero-order valence-electron chi connectivity index (χ0n) is 21.7. The summed E-state index contributed by atoms with van der Waals surface area (Å²) in [6.45, 7) is 4.40. The summed E-state index contributed by atoms with van der Waals surface area (Å²) in [4.78, 5) is 33.5. The molecule has 2 heterocycles. The third-order valence-electron chi connectivity index (χ3n) is 5.85. The number of aryl methyl sites for hydroxylation is 1. The van der Waals surface area contributed by atoms with Crippen molar-refractivity contribution in [3.05, 3.63) is 81.1 Å². The van der Waals surface area contributed by atoms with Gasteiger partial charge in [0.2, 0.25) is 11.9 Å². The Morgan fingerprint density at radius 2 is 1.90 bits per heavy atom. The second-order valence-electron chi connectivity index (χ2n) is 8.83. The normalized spacial score (nSPS) is 11.0. The number of halogens is 5. The van der Waals surface area contributed by atoms with Crippen molar-refractivity contribution in [2.24, 2.45) is 7.05 Å². The number of nitrogens with zero attached hydrogens (tertiary/aromatic N) is 3. The zero-order chi connectivity index (χ0) is 29.8. The number of alkyl halides is 2. The first-order valence-corrected chi connectivity index (χ1v) is 13.1. The summed E-state index contributed by atoms with van der Waals surface area (Å²) < 4.78 is 32.9. The molecule has 214 valence electrons. The highest BCUT2D eigenvalue weighted by atomic mass is 35.5. The highest BCUT2D eigenvalue weighted by Crippen LogP contribution is 2.37. The average Bonchev–Trinajstić information content (AvgIpc) is 3.23. The van der Waals surface area contributed by atoms with Crippen molar-refractivity contribution >= 4 is 75.0 Å². The minimum absolute atomic E-state index is 0.0398. The number of hydrogen-bond donors (Lipinski definition) is 3. The van der Waals surface area contributed by atoms with E-state index in [-0.39, 0.29) is 50.5 Å². The van der Waals surface area contributed by atoms with Crippen molar-refractivity contribution in [1.29, 1.82) is 0 Å². The maximum Gasteiger partial charge on any atom is 0.272 e. The van der Waals surface area contributed by atoms with Crippen molar-refractivity contribution in [2.75, 3.05) is 17.2 Å². The maximum absolute atomic E-state index is 13.2. The van der Waals surface area contributed by atoms with Crippen molar-refractivity contribution in [1.82, 2.24) is 19.9 Å². The van der Waals surface area contributed by atoms with Gasteiger partial charge in [0.15, 0.2) is 0 Å². The number of anilines is 3. The van der Waals surface area contributed by atoms with Gasteiger partial charge in [0.1, 0.15) is 12.4 Å². The predicted octanol–water partition coefficient (Wildman–Crippen LogP) is 6.76. The van der Waals surface area contributed by atoms with Gasteiger partial charge in [-0.15, -0.1) is 0 Å². The minimum Gasteiger partial charge on any atom is -0.487 e. The molecule has 2 aromatic heterocycles. The quantitative estimate of drug-likeness (QED) is 0.168. The number of carbonyl (C=O) groups excluding carboxylic acids is 2. The Bertz CT molecular complexity index is 1660. The molecule has 3 N–H and O–H groups in total. The van der Waals surface area contributed by atoms with E-state index in [1.54, 1.807) is 30.7 Å². The SMILES string of the molecule is C=C(C)C(=O)NCc1ccc(Cl)c(Nc2nc3cc(C(=O)Nc4ccncc4Cl)c(OCC(F)F)cc3n2C)c1Cl. The summed E-state index contributed by atoms with van der Waals surface area (Å²) in [6.07, 6.45) is 0.0250. The number of fused-ring (bicyclic) bond motifs is 1. The lowest BCUT2D eigenvalue weighted by Gasteiger charge is -2.14. The molecule has 0 radical (unpaired) electrons. The van der Waals surface area contributed by atoms with Crippen molar-refractivity contribution in [3.8, 4) is 5.75 Å². The van der Waals surface area contributed by atoms with Gasteiger partial charge in [-0.25, -0.2) is 13.8 Å². The molecule has 0 aliphatic carbocycles. The molecule has 0 spiro atoms. The molecule has 9 nitrogen and oxygen atoms in total. The van der Waals surface area contributed by atoms with Crippen LogP contribution in [0.25, 0.3) is 11.0 Å². The fraction of sp³-hybridized carbons (Fsp3) is 0.185. The first-order valence-electron chi connectivity index (χ1n) is 12.0. The summed E-state index contributed by atoms with van der Waals surface area (Å²) in [5.74, 6) is -0.778. The van der Waals surface area contributed by atoms with Crippen LogP contribution in [0.3, 0.4) is 0 Å². The van der Waals surface area contributed by atoms with E-state index in [0.29, 0.717) is 27.9 Å². The number of nitrogens with one attached hydrogen (secondary N) is 3. The molecule has 41 heavy (non-hydrogen) atoms. The molecule has 0 atom stereocenters. The summed E-state index contributed by atoms with van der Waals surface area (Å²) in [5.41, 5.74) is 2.31. The van der Waals surface area contributed by atoms with Crippen LogP contribution in [0.4, 0.5) is 26.1 Å². The summed E-state index contributed by atoms with van der Waals surface area (Å²) in [7, 11) is 1.67. The van der Waals surface area contributed by atoms with Crippen molar-refractivity contribution in [2.45, 2.75) is 19.9 Å². The number of imidazole rings is 1. The topological polar surface area (TPSA) is 110 Å². The largest absolute Gasteiger partial charge is 0.487 e. The van der Waals surface area contributed by atoms with Crippen LogP contribution in [0, 0.1) is 0 Å². The molecule has 4 aromatic rings. The fourth-order valence-electron chi connectivity index (χ4n) is 3.73. The van der Waals surface area contributed by atoms with Crippen molar-refractivity contribution in [3.63, 3.8) is 0 Å². The van der Waals surface area contributed by atoms with E-state index >= 15 is 0 Å². The van der Waals surface area contributed by atoms with Crippen molar-refractivity contribution < 1.29 is 23.1 Å². The maximum atomic E-state index is 13.2. The standard InChI is InChI=1S/C27H23Cl3F2N6O3/c1-13(2)25(39)34-10-14-4-5-16(28)24(23(14)30)37-27-36-19-8-15(26(40)35-18-6-7-33-11-17(18)29)21(41-12-22(31)32)9-20(19)38(27)3/h4-9,11,22H,1,10,12H2,2-3H3,(H,34,39)(H,36,37)(H,33,35,40). The van der Waals surface area contributed by atoms with Gasteiger partial charge in [-0.2, -0.15) is 0 Å². The van der Waals surface area contributed by atoms with Gasteiger partial charge >= 0.3 is 0 Å². The number of amides is 2. The van der Waals surface area contributed by atoms with Gasteiger partial charge in [0, 0.05) is 37.6 Å². The van der Waals surface area contributed by atoms with Crippen LogP contribution in [-0.4, -0.2) is 39.4 Å². The Morgan fingerprint density at radius 3 is 2.59 bits per heavy atom. The molecular formula is C27H23Cl3F2N6O3. The lowest BCUT2D eigenvalue weighted by molar-refractivity contribution is -0.117. The van der Waals surface area contributed by atoms with Crippen LogP contribution in [0.2, 0.25) is 15.1 Å². The molecule has 0 aliphatic heterocycles. The number of ether oxygens (including phenoxy) is 1. The third-order valence-corrected chi connectivity index (χ3v) is 6.90. The van der Waals surface area contributed by atoms with Crippen LogP contribution in [-0.2, 0) is 18.4 Å². The van der Waals surface area contributed by atoms with E-state index in [0.717, 1.165) is 0 Å².